The van der Waals surface area contributed by atoms with Crippen LogP contribution in [0.2, 0.25) is 0 Å². The molecule has 2 aromatic rings. The van der Waals surface area contributed by atoms with Gasteiger partial charge in [-0.1, -0.05) is 45.4 Å². The van der Waals surface area contributed by atoms with Crippen LogP contribution in [0, 0.1) is 53.3 Å². The van der Waals surface area contributed by atoms with Crippen molar-refractivity contribution in [1.82, 2.24) is 5.32 Å². The molecule has 3 fully saturated rings. The number of Topliss-reactive ketones (excluding diaryl/α,β-unsaturated/α-hetero) is 1. The molecule has 13 atom stereocenters. The normalized spacial score (nSPS) is 33.0. The van der Waals surface area contributed by atoms with Crippen LogP contribution in [0.25, 0.3) is 0 Å². The number of nitrogens with one attached hydrogen (secondary N) is 1. The summed E-state index contributed by atoms with van der Waals surface area (Å²) in [6.45, 7) is 16.5. The quantitative estimate of drug-likeness (QED) is 0.0895. The number of carbonyl (C=O) groups excluding carboxylic acids is 6. The molecule has 1 spiro atoms. The number of rotatable bonds is 13. The van der Waals surface area contributed by atoms with Crippen molar-refractivity contribution in [3.8, 4) is 11.5 Å². The number of amides is 1. The van der Waals surface area contributed by atoms with Gasteiger partial charge in [0.15, 0.2) is 24.0 Å². The van der Waals surface area contributed by atoms with Gasteiger partial charge in [-0.2, -0.15) is 0 Å². The SMILES string of the molecule is CC(=O)OC1=C(C(=O)[C@@H]2[C@H]3[C@@H](C)[C@H](OC(C)=O)CC[C@H]3C=C(C)[C@H]2C[C@@H]2O[C@]3(CC[C@@H](C)[C@H](c4cc(OC(C)=O)cc(OC(C)=O)c4)O3)[C@H](C)C[C@H]2C)NC(=O)C1CCC[n+]1ccccc1. The number of fused-ring (bicyclic) bond motifs is 1. The first kappa shape index (κ1) is 48.7. The van der Waals surface area contributed by atoms with Crippen molar-refractivity contribution in [2.45, 2.75) is 144 Å². The van der Waals surface area contributed by atoms with Crippen LogP contribution < -0.4 is 19.4 Å². The first-order chi connectivity index (χ1) is 31.3. The molecular formula is C52H67N2O12+. The molecule has 1 saturated carbocycles. The van der Waals surface area contributed by atoms with Gasteiger partial charge >= 0.3 is 23.9 Å². The summed E-state index contributed by atoms with van der Waals surface area (Å²) >= 11 is 0. The highest BCUT2D eigenvalue weighted by atomic mass is 16.7. The van der Waals surface area contributed by atoms with Crippen LogP contribution in [0.4, 0.5) is 0 Å². The van der Waals surface area contributed by atoms with Crippen LogP contribution in [0.1, 0.15) is 125 Å². The molecule has 3 aliphatic heterocycles. The van der Waals surface area contributed by atoms with Crippen LogP contribution in [0.15, 0.2) is 71.9 Å². The summed E-state index contributed by atoms with van der Waals surface area (Å²) < 4.78 is 39.1. The molecular weight excluding hydrogens is 845 g/mol. The Balaban J connectivity index is 1.23. The molecule has 2 saturated heterocycles. The van der Waals surface area contributed by atoms with Crippen LogP contribution in [0.3, 0.4) is 0 Å². The van der Waals surface area contributed by atoms with E-state index in [4.69, 9.17) is 28.4 Å². The Labute approximate surface area is 388 Å². The van der Waals surface area contributed by atoms with E-state index < -0.39 is 47.7 Å². The van der Waals surface area contributed by atoms with E-state index in [1.54, 1.807) is 12.1 Å². The predicted octanol–water partition coefficient (Wildman–Crippen LogP) is 7.82. The second kappa shape index (κ2) is 20.3. The average Bonchev–Trinajstić information content (AvgIpc) is 3.54. The third-order valence-electron chi connectivity index (χ3n) is 14.8. The van der Waals surface area contributed by atoms with Gasteiger partial charge in [0.2, 0.25) is 5.91 Å². The number of ketones is 1. The number of esters is 4. The van der Waals surface area contributed by atoms with Gasteiger partial charge in [-0.15, -0.1) is 0 Å². The highest BCUT2D eigenvalue weighted by Gasteiger charge is 2.56. The molecule has 1 unspecified atom stereocenters. The Kier molecular flexibility index (Phi) is 15.0. The van der Waals surface area contributed by atoms with Gasteiger partial charge in [0.1, 0.15) is 35.6 Å². The minimum Gasteiger partial charge on any atom is -0.462 e. The van der Waals surface area contributed by atoms with Crippen molar-refractivity contribution in [2.24, 2.45) is 53.3 Å². The van der Waals surface area contributed by atoms with Gasteiger partial charge in [0.25, 0.3) is 0 Å². The summed E-state index contributed by atoms with van der Waals surface area (Å²) in [6, 6.07) is 10.8. The molecule has 0 radical (unpaired) electrons. The predicted molar refractivity (Wildman–Crippen MR) is 239 cm³/mol. The average molecular weight is 912 g/mol. The Bertz CT molecular complexity index is 2220. The maximum Gasteiger partial charge on any atom is 0.308 e. The van der Waals surface area contributed by atoms with Gasteiger partial charge < -0.3 is 33.7 Å². The molecule has 5 aliphatic rings. The van der Waals surface area contributed by atoms with E-state index in [9.17, 15) is 24.0 Å². The number of hydrogen-bond acceptors (Lipinski definition) is 12. The lowest BCUT2D eigenvalue weighted by molar-refractivity contribution is -0.697. The monoisotopic (exact) mass is 911 g/mol. The molecule has 7 rings (SSSR count). The number of carbonyl (C=O) groups is 6. The molecule has 14 heteroatoms. The molecule has 14 nitrogen and oxygen atoms in total. The zero-order valence-corrected chi connectivity index (χ0v) is 39.8. The topological polar surface area (TPSA) is 174 Å². The number of hydrogen-bond donors (Lipinski definition) is 1. The van der Waals surface area contributed by atoms with E-state index in [1.807, 2.05) is 42.1 Å². The molecule has 1 N–H and O–H groups in total. The Morgan fingerprint density at radius 3 is 2.12 bits per heavy atom. The largest absolute Gasteiger partial charge is 0.462 e. The highest BCUT2D eigenvalue weighted by Crippen LogP contribution is 2.55. The van der Waals surface area contributed by atoms with E-state index in [-0.39, 0.29) is 88.1 Å². The molecule has 1 aromatic carbocycles. The Hall–Kier alpha value is -5.21. The second-order valence-corrected chi connectivity index (χ2v) is 19.7. The van der Waals surface area contributed by atoms with E-state index in [0.29, 0.717) is 50.6 Å². The first-order valence-corrected chi connectivity index (χ1v) is 23.8. The number of pyridine rings is 1. The highest BCUT2D eigenvalue weighted by molar-refractivity contribution is 6.05. The number of aryl methyl sites for hydroxylation is 1. The fourth-order valence-corrected chi connectivity index (χ4v) is 11.8. The van der Waals surface area contributed by atoms with E-state index in [2.05, 4.69) is 39.1 Å². The third-order valence-corrected chi connectivity index (χ3v) is 14.8. The van der Waals surface area contributed by atoms with Crippen LogP contribution in [0.5, 0.6) is 11.5 Å². The Morgan fingerprint density at radius 2 is 1.48 bits per heavy atom. The van der Waals surface area contributed by atoms with Gasteiger partial charge in [-0.05, 0) is 98.7 Å². The zero-order valence-electron chi connectivity index (χ0n) is 39.8. The fourth-order valence-electron chi connectivity index (χ4n) is 11.8. The second-order valence-electron chi connectivity index (χ2n) is 19.7. The number of aromatic nitrogens is 1. The zero-order chi connectivity index (χ0) is 47.6. The van der Waals surface area contributed by atoms with Crippen molar-refractivity contribution >= 4 is 35.6 Å². The maximum absolute atomic E-state index is 15.6. The summed E-state index contributed by atoms with van der Waals surface area (Å²) in [5.41, 5.74) is 1.76. The number of nitrogens with zero attached hydrogens (tertiary/aromatic N) is 1. The number of ether oxygens (including phenoxy) is 6. The van der Waals surface area contributed by atoms with E-state index >= 15 is 4.79 Å². The van der Waals surface area contributed by atoms with E-state index in [1.165, 1.54) is 33.8 Å². The fraction of sp³-hybridized carbons (Fsp3) is 0.596. The van der Waals surface area contributed by atoms with Crippen LogP contribution in [-0.2, 0) is 54.3 Å². The number of benzene rings is 1. The molecule has 0 bridgehead atoms. The minimum atomic E-state index is -1.00. The summed E-state index contributed by atoms with van der Waals surface area (Å²) in [4.78, 5) is 78.7. The molecule has 356 valence electrons. The molecule has 4 heterocycles. The summed E-state index contributed by atoms with van der Waals surface area (Å²) in [5, 5.41) is 2.91. The molecule has 1 aromatic heterocycles. The number of allylic oxidation sites excluding steroid dienone is 3. The van der Waals surface area contributed by atoms with E-state index in [0.717, 1.165) is 18.4 Å². The molecule has 1 amide bonds. The molecule has 2 aliphatic carbocycles. The summed E-state index contributed by atoms with van der Waals surface area (Å²) in [5.74, 6) is -5.39. The van der Waals surface area contributed by atoms with Crippen molar-refractivity contribution in [3.05, 3.63) is 77.5 Å². The van der Waals surface area contributed by atoms with Crippen molar-refractivity contribution < 1.29 is 61.8 Å². The van der Waals surface area contributed by atoms with Crippen LogP contribution in [-0.4, -0.2) is 53.6 Å². The van der Waals surface area contributed by atoms with Crippen molar-refractivity contribution in [3.63, 3.8) is 0 Å². The van der Waals surface area contributed by atoms with Crippen LogP contribution >= 0.6 is 0 Å². The van der Waals surface area contributed by atoms with Gasteiger partial charge in [-0.3, -0.25) is 28.8 Å². The minimum absolute atomic E-state index is 0.00480. The Morgan fingerprint density at radius 1 is 0.818 bits per heavy atom. The third kappa shape index (κ3) is 10.6. The summed E-state index contributed by atoms with van der Waals surface area (Å²) in [7, 11) is 0. The lowest BCUT2D eigenvalue weighted by atomic mass is 9.56. The smallest absolute Gasteiger partial charge is 0.308 e. The van der Waals surface area contributed by atoms with Crippen molar-refractivity contribution in [1.29, 1.82) is 0 Å². The lowest BCUT2D eigenvalue weighted by Crippen LogP contribution is -2.56. The standard InChI is InChI=1S/C52H66N2O12/c1-28-17-18-52(66-49(28)38-24-39(61-33(6)55)26-40(25-38)62-34(7)56)31(4)22-30(3)44(65-52)27-42-29(2)23-37-15-16-43(63-35(8)57)32(5)45(37)46(42)48(59)47-50(64-36(9)58)41(51(60)53-47)14-13-21-54-19-11-10-12-20-54/h10-12,19-20,23-26,28,30-32,37,41-46,49H,13-18,21-22,27H2,1-9H3/p+1/t28-,30-,31-,32+,37+,41?,42-,43-,44+,45+,46+,49-,52+/m1/s1. The maximum atomic E-state index is 15.6. The van der Waals surface area contributed by atoms with Gasteiger partial charge in [0.05, 0.1) is 18.1 Å². The molecule has 66 heavy (non-hydrogen) atoms. The summed E-state index contributed by atoms with van der Waals surface area (Å²) in [6.07, 6.45) is 9.89. The lowest BCUT2D eigenvalue weighted by Gasteiger charge is -2.54. The van der Waals surface area contributed by atoms with Crippen molar-refractivity contribution in [2.75, 3.05) is 0 Å². The first-order valence-electron chi connectivity index (χ1n) is 23.8. The van der Waals surface area contributed by atoms with Gasteiger partial charge in [0, 0.05) is 70.6 Å². The van der Waals surface area contributed by atoms with Gasteiger partial charge in [-0.25, -0.2) is 4.57 Å².